The molecule has 0 aliphatic heterocycles. The standard InChI is InChI=1S/C10H21BrO3.C9H14O3.2C3H4.C2O/c1-4-12-10(13-5-2,14-6-3)8-7-9-11;1-2-12-9(11)7-5-3-4-6-8-10;2*1-3-2;1-2-3/h4-9H2,1-3H3;10H,2-3,5,7-8H2,1H3;2*1H,2H3;/p+1. The molecule has 0 aromatic heterocycles. The van der Waals surface area contributed by atoms with Gasteiger partial charge in [-0.05, 0) is 54.4 Å². The van der Waals surface area contributed by atoms with Crippen LogP contribution in [0.1, 0.15) is 73.6 Å². The van der Waals surface area contributed by atoms with Crippen molar-refractivity contribution in [1.82, 2.24) is 0 Å². The number of esters is 1. The Hall–Kier alpha value is -1.95. The Balaban J connectivity index is -0.000000128. The number of carbonyl (C=O) groups excluding carboxylic acids is 1. The number of rotatable bonds is 13. The van der Waals surface area contributed by atoms with Gasteiger partial charge in [0.1, 0.15) is 6.61 Å². The first kappa shape index (κ1) is 43.1. The summed E-state index contributed by atoms with van der Waals surface area (Å²) in [4.78, 5) is 10.8. The number of alkyl halides is 1. The van der Waals surface area contributed by atoms with Gasteiger partial charge in [0.15, 0.2) is 0 Å². The molecule has 7 nitrogen and oxygen atoms in total. The molecule has 0 saturated heterocycles. The molecular weight excluding hydrogens is 516 g/mol. The second-order valence-corrected chi connectivity index (χ2v) is 6.43. The molecule has 200 valence electrons. The van der Waals surface area contributed by atoms with Gasteiger partial charge < -0.3 is 24.1 Å². The van der Waals surface area contributed by atoms with Crippen molar-refractivity contribution >= 4 is 21.9 Å². The van der Waals surface area contributed by atoms with E-state index in [1.807, 2.05) is 20.8 Å². The van der Waals surface area contributed by atoms with Crippen molar-refractivity contribution < 1.29 is 34.0 Å². The van der Waals surface area contributed by atoms with Crippen LogP contribution in [0, 0.1) is 49.1 Å². The molecule has 35 heavy (non-hydrogen) atoms. The first-order valence-corrected chi connectivity index (χ1v) is 12.4. The van der Waals surface area contributed by atoms with E-state index in [1.54, 1.807) is 20.8 Å². The fourth-order valence-corrected chi connectivity index (χ4v) is 2.26. The Morgan fingerprint density at radius 2 is 1.37 bits per heavy atom. The summed E-state index contributed by atoms with van der Waals surface area (Å²) in [7, 11) is 0. The van der Waals surface area contributed by atoms with E-state index >= 15 is 0 Å². The Kier molecular flexibility index (Phi) is 52.1. The van der Waals surface area contributed by atoms with Crippen LogP contribution in [0.4, 0.5) is 0 Å². The topological polar surface area (TPSA) is 94.5 Å². The maximum atomic E-state index is 10.8. The number of terminal acetylenes is 2. The summed E-state index contributed by atoms with van der Waals surface area (Å²) in [5, 5.41) is 16.2. The SMILES string of the molecule is C#CC.C#CC.CCOC(=O)CCCC#CCO.CCOC(CCCBr)(OCC)OCC.[C+]#CO. The molecule has 0 rings (SSSR count). The minimum absolute atomic E-state index is 0.112. The van der Waals surface area contributed by atoms with Gasteiger partial charge in [-0.1, -0.05) is 21.9 Å². The van der Waals surface area contributed by atoms with Gasteiger partial charge in [-0.15, -0.1) is 30.6 Å². The van der Waals surface area contributed by atoms with Crippen molar-refractivity contribution in [2.45, 2.75) is 79.6 Å². The number of hydrogen-bond donors (Lipinski definition) is 2. The van der Waals surface area contributed by atoms with Gasteiger partial charge >= 0.3 is 23.6 Å². The van der Waals surface area contributed by atoms with Crippen LogP contribution in [0.25, 0.3) is 0 Å². The molecule has 0 radical (unpaired) electrons. The zero-order valence-corrected chi connectivity index (χ0v) is 23.8. The monoisotopic (exact) mass is 559 g/mol. The fraction of sp³-hybridized carbons (Fsp3) is 0.667. The Bertz CT molecular complexity index is 559. The quantitative estimate of drug-likeness (QED) is 0.0833. The van der Waals surface area contributed by atoms with Crippen LogP contribution in [0.5, 0.6) is 0 Å². The van der Waals surface area contributed by atoms with E-state index in [2.05, 4.69) is 52.5 Å². The first-order chi connectivity index (χ1) is 16.8. The first-order valence-electron chi connectivity index (χ1n) is 11.3. The molecule has 0 heterocycles. The van der Waals surface area contributed by atoms with Crippen LogP contribution in [0.3, 0.4) is 0 Å². The third kappa shape index (κ3) is 46.1. The van der Waals surface area contributed by atoms with Crippen molar-refractivity contribution in [3.63, 3.8) is 0 Å². The maximum absolute atomic E-state index is 10.8. The van der Waals surface area contributed by atoms with Crippen molar-refractivity contribution in [3.05, 3.63) is 6.42 Å². The van der Waals surface area contributed by atoms with E-state index < -0.39 is 5.97 Å². The summed E-state index contributed by atoms with van der Waals surface area (Å²) >= 11 is 3.39. The molecule has 0 saturated carbocycles. The molecule has 0 fully saturated rings. The van der Waals surface area contributed by atoms with E-state index in [-0.39, 0.29) is 12.6 Å². The second kappa shape index (κ2) is 42.2. The molecule has 2 N–H and O–H groups in total. The summed E-state index contributed by atoms with van der Waals surface area (Å²) in [6.45, 7) is 13.0. The van der Waals surface area contributed by atoms with Gasteiger partial charge in [0.25, 0.3) is 5.97 Å². The van der Waals surface area contributed by atoms with Gasteiger partial charge in [-0.25, -0.2) is 0 Å². The number of aliphatic hydroxyl groups is 2. The van der Waals surface area contributed by atoms with Crippen LogP contribution in [-0.4, -0.2) is 60.5 Å². The second-order valence-electron chi connectivity index (χ2n) is 5.63. The van der Waals surface area contributed by atoms with Crippen LogP contribution >= 0.6 is 15.9 Å². The summed E-state index contributed by atoms with van der Waals surface area (Å²) in [6.07, 6.45) is 19.2. The van der Waals surface area contributed by atoms with Gasteiger partial charge in [0, 0.05) is 44.4 Å². The Morgan fingerprint density at radius 3 is 1.69 bits per heavy atom. The summed E-state index contributed by atoms with van der Waals surface area (Å²) < 4.78 is 21.4. The molecule has 0 aromatic carbocycles. The molecule has 0 aliphatic carbocycles. The van der Waals surface area contributed by atoms with Crippen LogP contribution in [0.15, 0.2) is 0 Å². The average Bonchev–Trinajstić information content (AvgIpc) is 2.80. The van der Waals surface area contributed by atoms with Crippen LogP contribution in [0.2, 0.25) is 0 Å². The fourth-order valence-electron chi connectivity index (χ4n) is 1.98. The number of halogens is 1. The molecular formula is C27H44BrO7+. The molecule has 0 spiro atoms. The molecule has 8 heteroatoms. The molecule has 0 bridgehead atoms. The normalized spacial score (nSPS) is 8.46. The van der Waals surface area contributed by atoms with Gasteiger partial charge in [0.2, 0.25) is 0 Å². The van der Waals surface area contributed by atoms with Crippen molar-refractivity contribution in [1.29, 1.82) is 0 Å². The van der Waals surface area contributed by atoms with E-state index in [0.29, 0.717) is 45.7 Å². The van der Waals surface area contributed by atoms with Crippen molar-refractivity contribution in [2.75, 3.05) is 38.4 Å². The van der Waals surface area contributed by atoms with Crippen LogP contribution in [-0.2, 0) is 23.7 Å². The van der Waals surface area contributed by atoms with Crippen LogP contribution < -0.4 is 0 Å². The summed E-state index contributed by atoms with van der Waals surface area (Å²) in [6, 6.07) is 0. The third-order valence-electron chi connectivity index (χ3n) is 2.90. The molecule has 0 amide bonds. The average molecular weight is 561 g/mol. The van der Waals surface area contributed by atoms with E-state index in [4.69, 9.17) is 35.6 Å². The minimum atomic E-state index is -0.827. The van der Waals surface area contributed by atoms with Gasteiger partial charge in [0.05, 0.1) is 6.61 Å². The predicted molar refractivity (Wildman–Crippen MR) is 144 cm³/mol. The van der Waals surface area contributed by atoms with Crippen molar-refractivity contribution in [2.24, 2.45) is 0 Å². The molecule has 0 aliphatic rings. The number of unbranched alkanes of at least 4 members (excludes halogenated alkanes) is 1. The number of ether oxygens (including phenoxy) is 4. The number of carbonyl (C=O) groups is 1. The van der Waals surface area contributed by atoms with E-state index in [9.17, 15) is 4.79 Å². The number of aliphatic hydroxyl groups excluding tert-OH is 2. The summed E-state index contributed by atoms with van der Waals surface area (Å²) in [5.41, 5.74) is 0. The third-order valence-corrected chi connectivity index (χ3v) is 3.46. The van der Waals surface area contributed by atoms with Gasteiger partial charge in [-0.3, -0.25) is 4.79 Å². The summed E-state index contributed by atoms with van der Waals surface area (Å²) in [5.74, 6) is 8.73. The van der Waals surface area contributed by atoms with Gasteiger partial charge in [-0.2, -0.15) is 0 Å². The predicted octanol–water partition coefficient (Wildman–Crippen LogP) is 4.83. The molecule has 0 unspecified atom stereocenters. The van der Waals surface area contributed by atoms with Crippen molar-refractivity contribution in [3.8, 4) is 42.6 Å². The number of hydrogen-bond acceptors (Lipinski definition) is 7. The molecule has 0 atom stereocenters. The van der Waals surface area contributed by atoms with E-state index in [0.717, 1.165) is 24.3 Å². The van der Waals surface area contributed by atoms with E-state index in [1.165, 1.54) is 0 Å². The zero-order valence-electron chi connectivity index (χ0n) is 22.2. The Morgan fingerprint density at radius 1 is 0.943 bits per heavy atom. The zero-order chi connectivity index (χ0) is 28.2. The Labute approximate surface area is 222 Å². The molecule has 0 aromatic rings.